The summed E-state index contributed by atoms with van der Waals surface area (Å²) in [5.74, 6) is 0.0610. The Labute approximate surface area is 146 Å². The number of benzene rings is 1. The standard InChI is InChI=1S/C19H22N2O2S/c1-24-17-5-3-2-4-16(17)18(22)21-12-8-19(23,9-13-21)14-15-6-10-20-11-7-15/h2-7,10-11,23H,8-9,12-14H2,1H3. The number of hydrogen-bond donors (Lipinski definition) is 1. The Kier molecular flexibility index (Phi) is 5.21. The first-order chi connectivity index (χ1) is 11.6. The molecule has 2 heterocycles. The molecule has 1 aromatic heterocycles. The zero-order chi connectivity index (χ0) is 17.0. The van der Waals surface area contributed by atoms with Crippen molar-refractivity contribution >= 4 is 17.7 Å². The van der Waals surface area contributed by atoms with Gasteiger partial charge in [0, 0.05) is 36.8 Å². The number of pyridine rings is 1. The molecule has 1 fully saturated rings. The van der Waals surface area contributed by atoms with Crippen molar-refractivity contribution in [1.82, 2.24) is 9.88 Å². The lowest BCUT2D eigenvalue weighted by atomic mass is 9.85. The number of carbonyl (C=O) groups is 1. The van der Waals surface area contributed by atoms with Gasteiger partial charge in [-0.15, -0.1) is 11.8 Å². The number of piperidine rings is 1. The number of thioether (sulfide) groups is 1. The molecule has 0 radical (unpaired) electrons. The molecule has 5 heteroatoms. The van der Waals surface area contributed by atoms with Gasteiger partial charge in [-0.2, -0.15) is 0 Å². The summed E-state index contributed by atoms with van der Waals surface area (Å²) in [6, 6.07) is 11.6. The van der Waals surface area contributed by atoms with Gasteiger partial charge < -0.3 is 10.0 Å². The summed E-state index contributed by atoms with van der Waals surface area (Å²) in [5.41, 5.74) is 1.10. The highest BCUT2D eigenvalue weighted by Crippen LogP contribution is 2.28. The number of rotatable bonds is 4. The molecule has 1 aliphatic rings. The fourth-order valence-electron chi connectivity index (χ4n) is 3.18. The van der Waals surface area contributed by atoms with Crippen molar-refractivity contribution in [3.8, 4) is 0 Å². The molecule has 1 saturated heterocycles. The molecule has 0 spiro atoms. The summed E-state index contributed by atoms with van der Waals surface area (Å²) in [4.78, 5) is 19.6. The van der Waals surface area contributed by atoms with E-state index in [1.54, 1.807) is 24.2 Å². The first kappa shape index (κ1) is 17.0. The first-order valence-electron chi connectivity index (χ1n) is 8.15. The van der Waals surface area contributed by atoms with Gasteiger partial charge in [0.2, 0.25) is 0 Å². The van der Waals surface area contributed by atoms with E-state index in [0.717, 1.165) is 16.0 Å². The van der Waals surface area contributed by atoms with E-state index in [9.17, 15) is 9.90 Å². The summed E-state index contributed by atoms with van der Waals surface area (Å²) < 4.78 is 0. The first-order valence-corrected chi connectivity index (χ1v) is 9.37. The minimum atomic E-state index is -0.739. The number of aliphatic hydroxyl groups is 1. The smallest absolute Gasteiger partial charge is 0.254 e. The van der Waals surface area contributed by atoms with Crippen LogP contribution in [0.4, 0.5) is 0 Å². The maximum absolute atomic E-state index is 12.8. The lowest BCUT2D eigenvalue weighted by Gasteiger charge is -2.38. The Morgan fingerprint density at radius 1 is 1.21 bits per heavy atom. The van der Waals surface area contributed by atoms with E-state index in [1.165, 1.54) is 0 Å². The van der Waals surface area contributed by atoms with Crippen molar-refractivity contribution in [2.45, 2.75) is 29.8 Å². The monoisotopic (exact) mass is 342 g/mol. The number of amides is 1. The van der Waals surface area contributed by atoms with Crippen molar-refractivity contribution in [3.05, 3.63) is 59.9 Å². The molecule has 24 heavy (non-hydrogen) atoms. The summed E-state index contributed by atoms with van der Waals surface area (Å²) in [5, 5.41) is 10.8. The normalized spacial score (nSPS) is 16.8. The molecule has 0 atom stereocenters. The Balaban J connectivity index is 1.65. The molecule has 126 valence electrons. The van der Waals surface area contributed by atoms with Crippen LogP contribution in [0.15, 0.2) is 53.7 Å². The van der Waals surface area contributed by atoms with Crippen LogP contribution in [0.3, 0.4) is 0 Å². The summed E-state index contributed by atoms with van der Waals surface area (Å²) >= 11 is 1.59. The van der Waals surface area contributed by atoms with Crippen LogP contribution in [0.25, 0.3) is 0 Å². The summed E-state index contributed by atoms with van der Waals surface area (Å²) in [7, 11) is 0. The van der Waals surface area contributed by atoms with Crippen molar-refractivity contribution < 1.29 is 9.90 Å². The number of hydrogen-bond acceptors (Lipinski definition) is 4. The second-order valence-electron chi connectivity index (χ2n) is 6.25. The van der Waals surface area contributed by atoms with Crippen LogP contribution in [0.1, 0.15) is 28.8 Å². The van der Waals surface area contributed by atoms with Gasteiger partial charge >= 0.3 is 0 Å². The zero-order valence-electron chi connectivity index (χ0n) is 13.8. The molecule has 4 nitrogen and oxygen atoms in total. The fourth-order valence-corrected chi connectivity index (χ4v) is 3.76. The number of likely N-dealkylation sites (tertiary alicyclic amines) is 1. The summed E-state index contributed by atoms with van der Waals surface area (Å²) in [6.45, 7) is 1.17. The highest BCUT2D eigenvalue weighted by molar-refractivity contribution is 7.98. The van der Waals surface area contributed by atoms with Gasteiger partial charge in [-0.3, -0.25) is 9.78 Å². The zero-order valence-corrected chi connectivity index (χ0v) is 14.6. The SMILES string of the molecule is CSc1ccccc1C(=O)N1CCC(O)(Cc2ccncc2)CC1. The maximum Gasteiger partial charge on any atom is 0.254 e. The van der Waals surface area contributed by atoms with Gasteiger partial charge in [0.25, 0.3) is 5.91 Å². The van der Waals surface area contributed by atoms with Crippen LogP contribution in [-0.4, -0.2) is 45.8 Å². The van der Waals surface area contributed by atoms with E-state index in [1.807, 2.05) is 47.6 Å². The van der Waals surface area contributed by atoms with E-state index in [4.69, 9.17) is 0 Å². The highest BCUT2D eigenvalue weighted by Gasteiger charge is 2.34. The average molecular weight is 342 g/mol. The third-order valence-electron chi connectivity index (χ3n) is 4.60. The molecule has 2 aromatic rings. The van der Waals surface area contributed by atoms with E-state index in [2.05, 4.69) is 4.98 Å². The Bertz CT molecular complexity index is 698. The molecule has 1 aromatic carbocycles. The quantitative estimate of drug-likeness (QED) is 0.868. The van der Waals surface area contributed by atoms with E-state index in [-0.39, 0.29) is 5.91 Å². The predicted octanol–water partition coefficient (Wildman–Crippen LogP) is 3.01. The number of nitrogens with zero attached hydrogens (tertiary/aromatic N) is 2. The molecule has 1 aliphatic heterocycles. The van der Waals surface area contributed by atoms with Crippen molar-refractivity contribution in [2.75, 3.05) is 19.3 Å². The van der Waals surface area contributed by atoms with E-state index >= 15 is 0 Å². The van der Waals surface area contributed by atoms with Crippen LogP contribution >= 0.6 is 11.8 Å². The second-order valence-corrected chi connectivity index (χ2v) is 7.10. The Morgan fingerprint density at radius 2 is 1.88 bits per heavy atom. The molecular formula is C19H22N2O2S. The van der Waals surface area contributed by atoms with Gasteiger partial charge in [0.15, 0.2) is 0 Å². The average Bonchev–Trinajstić information content (AvgIpc) is 2.62. The third kappa shape index (κ3) is 3.79. The van der Waals surface area contributed by atoms with Crippen molar-refractivity contribution in [3.63, 3.8) is 0 Å². The van der Waals surface area contributed by atoms with Gasteiger partial charge in [0.05, 0.1) is 11.2 Å². The van der Waals surface area contributed by atoms with E-state index in [0.29, 0.717) is 32.4 Å². The van der Waals surface area contributed by atoms with Crippen LogP contribution in [-0.2, 0) is 6.42 Å². The van der Waals surface area contributed by atoms with Gasteiger partial charge in [-0.05, 0) is 48.9 Å². The van der Waals surface area contributed by atoms with Crippen LogP contribution < -0.4 is 0 Å². The summed E-state index contributed by atoms with van der Waals surface area (Å²) in [6.07, 6.45) is 7.28. The molecule has 0 saturated carbocycles. The molecule has 0 unspecified atom stereocenters. The molecule has 1 amide bonds. The largest absolute Gasteiger partial charge is 0.389 e. The topological polar surface area (TPSA) is 53.4 Å². The lowest BCUT2D eigenvalue weighted by molar-refractivity contribution is -0.0163. The molecule has 1 N–H and O–H groups in total. The Hall–Kier alpha value is -1.85. The van der Waals surface area contributed by atoms with Crippen molar-refractivity contribution in [1.29, 1.82) is 0 Å². The minimum absolute atomic E-state index is 0.0610. The van der Waals surface area contributed by atoms with Crippen LogP contribution in [0.2, 0.25) is 0 Å². The number of aromatic nitrogens is 1. The van der Waals surface area contributed by atoms with Gasteiger partial charge in [-0.1, -0.05) is 12.1 Å². The Morgan fingerprint density at radius 3 is 2.54 bits per heavy atom. The van der Waals surface area contributed by atoms with E-state index < -0.39 is 5.60 Å². The minimum Gasteiger partial charge on any atom is -0.389 e. The molecule has 3 rings (SSSR count). The number of carbonyl (C=O) groups excluding carboxylic acids is 1. The predicted molar refractivity (Wildman–Crippen MR) is 96.3 cm³/mol. The molecule has 0 bridgehead atoms. The fraction of sp³-hybridized carbons (Fsp3) is 0.368. The van der Waals surface area contributed by atoms with Gasteiger partial charge in [-0.25, -0.2) is 0 Å². The van der Waals surface area contributed by atoms with Gasteiger partial charge in [0.1, 0.15) is 0 Å². The second kappa shape index (κ2) is 7.36. The highest BCUT2D eigenvalue weighted by atomic mass is 32.2. The van der Waals surface area contributed by atoms with Crippen LogP contribution in [0, 0.1) is 0 Å². The molecular weight excluding hydrogens is 320 g/mol. The maximum atomic E-state index is 12.8. The van der Waals surface area contributed by atoms with Crippen LogP contribution in [0.5, 0.6) is 0 Å². The van der Waals surface area contributed by atoms with Crippen molar-refractivity contribution in [2.24, 2.45) is 0 Å². The third-order valence-corrected chi connectivity index (χ3v) is 5.40. The lowest BCUT2D eigenvalue weighted by Crippen LogP contribution is -2.47. The molecule has 0 aliphatic carbocycles.